The van der Waals surface area contributed by atoms with E-state index >= 15 is 0 Å². The number of benzene rings is 2. The van der Waals surface area contributed by atoms with Gasteiger partial charge in [-0.05, 0) is 36.8 Å². The maximum atomic E-state index is 12.5. The molecule has 2 aromatic heterocycles. The van der Waals surface area contributed by atoms with Gasteiger partial charge in [-0.2, -0.15) is 0 Å². The highest BCUT2D eigenvalue weighted by atomic mass is 35.5. The molecule has 1 N–H and O–H groups in total. The van der Waals surface area contributed by atoms with Crippen LogP contribution >= 0.6 is 22.9 Å². The van der Waals surface area contributed by atoms with E-state index in [9.17, 15) is 9.59 Å². The molecule has 130 valence electrons. The molecule has 1 amide bonds. The number of nitrogens with one attached hydrogen (secondary N) is 1. The van der Waals surface area contributed by atoms with Gasteiger partial charge in [-0.25, -0.2) is 4.98 Å². The first-order valence-electron chi connectivity index (χ1n) is 7.96. The number of anilines is 1. The van der Waals surface area contributed by atoms with Crippen molar-refractivity contribution in [2.75, 3.05) is 5.32 Å². The van der Waals surface area contributed by atoms with Crippen LogP contribution in [-0.2, 0) is 11.3 Å². The van der Waals surface area contributed by atoms with Crippen LogP contribution in [0.4, 0.5) is 5.13 Å². The minimum atomic E-state index is -0.300. The van der Waals surface area contributed by atoms with E-state index in [2.05, 4.69) is 10.3 Å². The number of fused-ring (bicyclic) bond motifs is 2. The van der Waals surface area contributed by atoms with Crippen molar-refractivity contribution >= 4 is 55.1 Å². The molecule has 0 saturated heterocycles. The number of hydrogen-bond acceptors (Lipinski definition) is 4. The Balaban J connectivity index is 1.64. The number of rotatable bonds is 3. The molecule has 0 aliphatic rings. The molecule has 26 heavy (non-hydrogen) atoms. The number of nitrogens with zero attached hydrogens (tertiary/aromatic N) is 2. The Morgan fingerprint density at radius 2 is 2.04 bits per heavy atom. The second kappa shape index (κ2) is 6.55. The number of pyridine rings is 1. The maximum absolute atomic E-state index is 12.5. The lowest BCUT2D eigenvalue weighted by Crippen LogP contribution is -2.27. The normalized spacial score (nSPS) is 11.2. The van der Waals surface area contributed by atoms with Crippen molar-refractivity contribution in [2.24, 2.45) is 0 Å². The minimum Gasteiger partial charge on any atom is -0.300 e. The number of aromatic nitrogens is 2. The first kappa shape index (κ1) is 16.8. The van der Waals surface area contributed by atoms with Gasteiger partial charge in [0, 0.05) is 16.5 Å². The van der Waals surface area contributed by atoms with Gasteiger partial charge >= 0.3 is 0 Å². The van der Waals surface area contributed by atoms with E-state index in [1.165, 1.54) is 15.9 Å². The molecular formula is C19H14ClN3O2S. The molecule has 0 radical (unpaired) electrons. The molecular weight excluding hydrogens is 370 g/mol. The van der Waals surface area contributed by atoms with Crippen LogP contribution in [0.2, 0.25) is 5.02 Å². The van der Waals surface area contributed by atoms with E-state index in [0.717, 1.165) is 26.7 Å². The number of aryl methyl sites for hydroxylation is 1. The molecule has 2 aromatic carbocycles. The second-order valence-electron chi connectivity index (χ2n) is 5.95. The predicted molar refractivity (Wildman–Crippen MR) is 106 cm³/mol. The summed E-state index contributed by atoms with van der Waals surface area (Å²) in [6.45, 7) is 1.82. The van der Waals surface area contributed by atoms with Gasteiger partial charge in [0.1, 0.15) is 6.54 Å². The minimum absolute atomic E-state index is 0.0731. The topological polar surface area (TPSA) is 64.0 Å². The second-order valence-corrected chi connectivity index (χ2v) is 7.42. The van der Waals surface area contributed by atoms with E-state index in [4.69, 9.17) is 11.6 Å². The van der Waals surface area contributed by atoms with Crippen molar-refractivity contribution in [3.8, 4) is 0 Å². The van der Waals surface area contributed by atoms with Gasteiger partial charge in [-0.15, -0.1) is 0 Å². The maximum Gasteiger partial charge on any atom is 0.251 e. The van der Waals surface area contributed by atoms with Crippen molar-refractivity contribution in [1.29, 1.82) is 0 Å². The molecule has 4 aromatic rings. The van der Waals surface area contributed by atoms with Crippen LogP contribution in [0.25, 0.3) is 21.1 Å². The van der Waals surface area contributed by atoms with Crippen LogP contribution in [0.3, 0.4) is 0 Å². The Kier molecular flexibility index (Phi) is 4.22. The Labute approximate surface area is 157 Å². The van der Waals surface area contributed by atoms with E-state index < -0.39 is 0 Å². The van der Waals surface area contributed by atoms with Crippen molar-refractivity contribution in [2.45, 2.75) is 13.5 Å². The van der Waals surface area contributed by atoms with Crippen LogP contribution in [0.5, 0.6) is 0 Å². The SMILES string of the molecule is Cc1cc(=O)n(CC(=O)Nc2nc3ccc(Cl)cc3s2)c2ccccc12. The van der Waals surface area contributed by atoms with Gasteiger partial charge in [-0.1, -0.05) is 41.1 Å². The van der Waals surface area contributed by atoms with Gasteiger partial charge in [0.05, 0.1) is 15.7 Å². The molecule has 0 aliphatic carbocycles. The Morgan fingerprint density at radius 1 is 1.23 bits per heavy atom. The molecule has 0 atom stereocenters. The van der Waals surface area contributed by atoms with Crippen molar-refractivity contribution < 1.29 is 4.79 Å². The zero-order valence-corrected chi connectivity index (χ0v) is 15.4. The highest BCUT2D eigenvalue weighted by Gasteiger charge is 2.12. The lowest BCUT2D eigenvalue weighted by Gasteiger charge is -2.11. The highest BCUT2D eigenvalue weighted by molar-refractivity contribution is 7.22. The fraction of sp³-hybridized carbons (Fsp3) is 0.105. The molecule has 0 aliphatic heterocycles. The zero-order chi connectivity index (χ0) is 18.3. The summed E-state index contributed by atoms with van der Waals surface area (Å²) in [5, 5.41) is 4.83. The number of carbonyl (C=O) groups is 1. The third-order valence-corrected chi connectivity index (χ3v) is 5.29. The molecule has 5 nitrogen and oxygen atoms in total. The first-order valence-corrected chi connectivity index (χ1v) is 9.16. The Morgan fingerprint density at radius 3 is 2.88 bits per heavy atom. The molecule has 7 heteroatoms. The van der Waals surface area contributed by atoms with Gasteiger partial charge in [0.2, 0.25) is 5.91 Å². The van der Waals surface area contributed by atoms with Gasteiger partial charge in [-0.3, -0.25) is 14.2 Å². The predicted octanol–water partition coefficient (Wildman–Crippen LogP) is 4.21. The van der Waals surface area contributed by atoms with Crippen LogP contribution in [-0.4, -0.2) is 15.5 Å². The molecule has 0 fully saturated rings. The van der Waals surface area contributed by atoms with Gasteiger partial charge < -0.3 is 5.32 Å². The molecule has 2 heterocycles. The fourth-order valence-corrected chi connectivity index (χ4v) is 4.08. The first-order chi connectivity index (χ1) is 12.5. The summed E-state index contributed by atoms with van der Waals surface area (Å²) < 4.78 is 2.37. The van der Waals surface area contributed by atoms with Crippen molar-refractivity contribution in [1.82, 2.24) is 9.55 Å². The summed E-state index contributed by atoms with van der Waals surface area (Å²) in [5.74, 6) is -0.300. The Bertz CT molecular complexity index is 1210. The fourth-order valence-electron chi connectivity index (χ4n) is 2.92. The zero-order valence-electron chi connectivity index (χ0n) is 13.8. The highest BCUT2D eigenvalue weighted by Crippen LogP contribution is 2.28. The summed E-state index contributed by atoms with van der Waals surface area (Å²) in [7, 11) is 0. The summed E-state index contributed by atoms with van der Waals surface area (Å²) in [6.07, 6.45) is 0. The molecule has 0 saturated carbocycles. The van der Waals surface area contributed by atoms with Crippen molar-refractivity contribution in [3.05, 3.63) is 69.5 Å². The summed E-state index contributed by atoms with van der Waals surface area (Å²) in [5.41, 5.74) is 2.20. The number of thiazole rings is 1. The monoisotopic (exact) mass is 383 g/mol. The number of amides is 1. The summed E-state index contributed by atoms with van der Waals surface area (Å²) >= 11 is 7.33. The quantitative estimate of drug-likeness (QED) is 0.576. The average Bonchev–Trinajstić information content (AvgIpc) is 2.99. The third kappa shape index (κ3) is 3.09. The van der Waals surface area contributed by atoms with E-state index in [1.54, 1.807) is 12.1 Å². The van der Waals surface area contributed by atoms with Crippen LogP contribution in [0.15, 0.2) is 53.3 Å². The molecule has 0 spiro atoms. The van der Waals surface area contributed by atoms with Crippen LogP contribution < -0.4 is 10.9 Å². The standard InChI is InChI=1S/C19H14ClN3O2S/c1-11-8-18(25)23(15-5-3-2-4-13(11)15)10-17(24)22-19-21-14-7-6-12(20)9-16(14)26-19/h2-9H,10H2,1H3,(H,21,22,24). The van der Waals surface area contributed by atoms with E-state index in [-0.39, 0.29) is 18.0 Å². The van der Waals surface area contributed by atoms with Crippen molar-refractivity contribution in [3.63, 3.8) is 0 Å². The summed E-state index contributed by atoms with van der Waals surface area (Å²) in [4.78, 5) is 29.2. The third-order valence-electron chi connectivity index (χ3n) is 4.12. The largest absolute Gasteiger partial charge is 0.300 e. The molecule has 0 bridgehead atoms. The van der Waals surface area contributed by atoms with Crippen LogP contribution in [0.1, 0.15) is 5.56 Å². The lowest BCUT2D eigenvalue weighted by molar-refractivity contribution is -0.116. The Hall–Kier alpha value is -2.70. The smallest absolute Gasteiger partial charge is 0.251 e. The van der Waals surface area contributed by atoms with Gasteiger partial charge in [0.15, 0.2) is 5.13 Å². The number of carbonyl (C=O) groups excluding carboxylic acids is 1. The average molecular weight is 384 g/mol. The molecule has 4 rings (SSSR count). The van der Waals surface area contributed by atoms with E-state index in [0.29, 0.717) is 10.2 Å². The number of para-hydroxylation sites is 1. The van der Waals surface area contributed by atoms with Crippen LogP contribution in [0, 0.1) is 6.92 Å². The summed E-state index contributed by atoms with van der Waals surface area (Å²) in [6, 6.07) is 14.5. The van der Waals surface area contributed by atoms with E-state index in [1.807, 2.05) is 43.3 Å². The number of hydrogen-bond donors (Lipinski definition) is 1. The lowest BCUT2D eigenvalue weighted by atomic mass is 10.1. The van der Waals surface area contributed by atoms with Gasteiger partial charge in [0.25, 0.3) is 5.56 Å². The number of halogens is 1. The molecule has 0 unspecified atom stereocenters.